The predicted octanol–water partition coefficient (Wildman–Crippen LogP) is 7.06. The molecule has 2 heterocycles. The Bertz CT molecular complexity index is 1390. The minimum atomic E-state index is -0.0798. The number of benzene rings is 3. The molecular formula is C26H19ClN2OS2. The van der Waals surface area contributed by atoms with Crippen molar-refractivity contribution < 1.29 is 4.79 Å². The van der Waals surface area contributed by atoms with Gasteiger partial charge >= 0.3 is 0 Å². The standard InChI is InChI=1S/C26H19ClN2OS2/c1-17-6-2-4-8-22(17)29-25(30)24(32-26(29)31)14-19-16-28(23-9-5-3-7-21(19)23)15-18-10-12-20(27)13-11-18/h2-14,16H,15H2,1H3. The van der Waals surface area contributed by atoms with Crippen molar-refractivity contribution in [3.8, 4) is 0 Å². The van der Waals surface area contributed by atoms with Gasteiger partial charge in [0.05, 0.1) is 10.6 Å². The molecule has 1 aromatic heterocycles. The number of thiocarbonyl (C=S) groups is 1. The fourth-order valence-electron chi connectivity index (χ4n) is 3.94. The van der Waals surface area contributed by atoms with Gasteiger partial charge in [0.2, 0.25) is 0 Å². The van der Waals surface area contributed by atoms with Gasteiger partial charge in [0.1, 0.15) is 0 Å². The van der Waals surface area contributed by atoms with Gasteiger partial charge in [0.15, 0.2) is 4.32 Å². The average molecular weight is 475 g/mol. The summed E-state index contributed by atoms with van der Waals surface area (Å²) in [5, 5.41) is 1.82. The van der Waals surface area contributed by atoms with Gasteiger partial charge in [-0.05, 0) is 48.4 Å². The first-order chi connectivity index (χ1) is 15.5. The molecular weight excluding hydrogens is 456 g/mol. The Morgan fingerprint density at radius 3 is 2.50 bits per heavy atom. The highest BCUT2D eigenvalue weighted by Gasteiger charge is 2.34. The van der Waals surface area contributed by atoms with Crippen LogP contribution in [0.4, 0.5) is 5.69 Å². The summed E-state index contributed by atoms with van der Waals surface area (Å²) < 4.78 is 2.76. The topological polar surface area (TPSA) is 25.2 Å². The van der Waals surface area contributed by atoms with Crippen molar-refractivity contribution in [1.82, 2.24) is 4.57 Å². The molecule has 5 rings (SSSR count). The number of hydrogen-bond donors (Lipinski definition) is 0. The van der Waals surface area contributed by atoms with Crippen LogP contribution in [0.1, 0.15) is 16.7 Å². The molecule has 3 aromatic carbocycles. The van der Waals surface area contributed by atoms with E-state index in [1.807, 2.05) is 73.7 Å². The van der Waals surface area contributed by atoms with Crippen LogP contribution < -0.4 is 4.90 Å². The van der Waals surface area contributed by atoms with Gasteiger partial charge in [0, 0.05) is 34.2 Å². The Morgan fingerprint density at radius 2 is 1.72 bits per heavy atom. The molecule has 1 saturated heterocycles. The summed E-state index contributed by atoms with van der Waals surface area (Å²) in [5.41, 5.74) is 5.13. The second-order valence-electron chi connectivity index (χ2n) is 7.66. The molecule has 0 atom stereocenters. The van der Waals surface area contributed by atoms with E-state index in [2.05, 4.69) is 22.9 Å². The van der Waals surface area contributed by atoms with Gasteiger partial charge in [-0.15, -0.1) is 0 Å². The number of nitrogens with zero attached hydrogens (tertiary/aromatic N) is 2. The number of carbonyl (C=O) groups is 1. The van der Waals surface area contributed by atoms with Crippen LogP contribution in [0, 0.1) is 6.92 Å². The molecule has 32 heavy (non-hydrogen) atoms. The molecule has 158 valence electrons. The third kappa shape index (κ3) is 3.88. The Morgan fingerprint density at radius 1 is 1.00 bits per heavy atom. The third-order valence-corrected chi connectivity index (χ3v) is 7.08. The van der Waals surface area contributed by atoms with E-state index < -0.39 is 0 Å². The monoisotopic (exact) mass is 474 g/mol. The van der Waals surface area contributed by atoms with Gasteiger partial charge < -0.3 is 4.57 Å². The number of aryl methyl sites for hydroxylation is 1. The van der Waals surface area contributed by atoms with E-state index in [1.54, 1.807) is 4.90 Å². The first-order valence-corrected chi connectivity index (χ1v) is 11.8. The van der Waals surface area contributed by atoms with Crippen molar-refractivity contribution in [3.05, 3.63) is 106 Å². The van der Waals surface area contributed by atoms with E-state index in [-0.39, 0.29) is 5.91 Å². The smallest absolute Gasteiger partial charge is 0.270 e. The molecule has 0 radical (unpaired) electrons. The average Bonchev–Trinajstić information content (AvgIpc) is 3.27. The van der Waals surface area contributed by atoms with Crippen LogP contribution in [-0.4, -0.2) is 14.8 Å². The summed E-state index contributed by atoms with van der Waals surface area (Å²) in [6.07, 6.45) is 4.05. The molecule has 3 nitrogen and oxygen atoms in total. The summed E-state index contributed by atoms with van der Waals surface area (Å²) in [5.74, 6) is -0.0798. The van der Waals surface area contributed by atoms with Gasteiger partial charge in [0.25, 0.3) is 5.91 Å². The van der Waals surface area contributed by atoms with Crippen LogP contribution in [0.3, 0.4) is 0 Å². The third-order valence-electron chi connectivity index (χ3n) is 5.52. The molecule has 1 amide bonds. The maximum absolute atomic E-state index is 13.3. The van der Waals surface area contributed by atoms with Crippen molar-refractivity contribution in [2.75, 3.05) is 4.90 Å². The highest BCUT2D eigenvalue weighted by molar-refractivity contribution is 8.27. The molecule has 0 saturated carbocycles. The van der Waals surface area contributed by atoms with Gasteiger partial charge in [-0.2, -0.15) is 0 Å². The van der Waals surface area contributed by atoms with Crippen molar-refractivity contribution in [3.63, 3.8) is 0 Å². The molecule has 1 fully saturated rings. The van der Waals surface area contributed by atoms with Crippen LogP contribution in [0.15, 0.2) is 83.9 Å². The lowest BCUT2D eigenvalue weighted by atomic mass is 10.1. The van der Waals surface area contributed by atoms with Crippen LogP contribution >= 0.6 is 35.6 Å². The number of anilines is 1. The first kappa shape index (κ1) is 21.0. The molecule has 1 aliphatic heterocycles. The number of amides is 1. The van der Waals surface area contributed by atoms with Crippen molar-refractivity contribution in [2.45, 2.75) is 13.5 Å². The first-order valence-electron chi connectivity index (χ1n) is 10.2. The summed E-state index contributed by atoms with van der Waals surface area (Å²) >= 11 is 12.9. The molecule has 0 spiro atoms. The fraction of sp³-hybridized carbons (Fsp3) is 0.0769. The predicted molar refractivity (Wildman–Crippen MR) is 139 cm³/mol. The van der Waals surface area contributed by atoms with Crippen molar-refractivity contribution in [2.24, 2.45) is 0 Å². The van der Waals surface area contributed by atoms with E-state index in [0.717, 1.165) is 44.8 Å². The summed E-state index contributed by atoms with van der Waals surface area (Å²) in [6, 6.07) is 23.9. The molecule has 0 bridgehead atoms. The minimum absolute atomic E-state index is 0.0798. The van der Waals surface area contributed by atoms with Gasteiger partial charge in [-0.3, -0.25) is 9.69 Å². The van der Waals surface area contributed by atoms with Crippen LogP contribution in [0.2, 0.25) is 5.02 Å². The van der Waals surface area contributed by atoms with Crippen LogP contribution in [0.5, 0.6) is 0 Å². The van der Waals surface area contributed by atoms with Gasteiger partial charge in [-0.1, -0.05) is 84.1 Å². The number of halogens is 1. The highest BCUT2D eigenvalue weighted by Crippen LogP contribution is 2.38. The molecule has 6 heteroatoms. The second-order valence-corrected chi connectivity index (χ2v) is 9.77. The van der Waals surface area contributed by atoms with Gasteiger partial charge in [-0.25, -0.2) is 0 Å². The van der Waals surface area contributed by atoms with E-state index >= 15 is 0 Å². The maximum Gasteiger partial charge on any atom is 0.270 e. The lowest BCUT2D eigenvalue weighted by Gasteiger charge is -2.16. The number of fused-ring (bicyclic) bond motifs is 1. The van der Waals surface area contributed by atoms with E-state index in [0.29, 0.717) is 9.23 Å². The Kier molecular flexibility index (Phi) is 5.64. The summed E-state index contributed by atoms with van der Waals surface area (Å²) in [6.45, 7) is 2.71. The number of hydrogen-bond acceptors (Lipinski definition) is 3. The van der Waals surface area contributed by atoms with Crippen molar-refractivity contribution in [1.29, 1.82) is 0 Å². The fourth-order valence-corrected chi connectivity index (χ4v) is 5.34. The molecule has 4 aromatic rings. The maximum atomic E-state index is 13.3. The minimum Gasteiger partial charge on any atom is -0.342 e. The second kappa shape index (κ2) is 8.58. The number of para-hydroxylation sites is 2. The summed E-state index contributed by atoms with van der Waals surface area (Å²) in [4.78, 5) is 15.5. The lowest BCUT2D eigenvalue weighted by Crippen LogP contribution is -2.28. The van der Waals surface area contributed by atoms with E-state index in [9.17, 15) is 4.79 Å². The molecule has 1 aliphatic rings. The number of aromatic nitrogens is 1. The zero-order valence-electron chi connectivity index (χ0n) is 17.3. The Labute approximate surface area is 201 Å². The zero-order chi connectivity index (χ0) is 22.2. The van der Waals surface area contributed by atoms with Crippen LogP contribution in [0.25, 0.3) is 17.0 Å². The number of carbonyl (C=O) groups excluding carboxylic acids is 1. The normalized spacial score (nSPS) is 15.3. The molecule has 0 unspecified atom stereocenters. The largest absolute Gasteiger partial charge is 0.342 e. The Hall–Kier alpha value is -2.86. The lowest BCUT2D eigenvalue weighted by molar-refractivity contribution is -0.113. The number of thioether (sulfide) groups is 1. The van der Waals surface area contributed by atoms with Crippen molar-refractivity contribution >= 4 is 68.5 Å². The Balaban J connectivity index is 1.53. The highest BCUT2D eigenvalue weighted by atomic mass is 35.5. The molecule has 0 N–H and O–H groups in total. The molecule has 0 aliphatic carbocycles. The van der Waals surface area contributed by atoms with E-state index in [4.69, 9.17) is 23.8 Å². The summed E-state index contributed by atoms with van der Waals surface area (Å²) in [7, 11) is 0. The van der Waals surface area contributed by atoms with E-state index in [1.165, 1.54) is 11.8 Å². The number of rotatable bonds is 4. The quantitative estimate of drug-likeness (QED) is 0.234. The zero-order valence-corrected chi connectivity index (χ0v) is 19.7. The SMILES string of the molecule is Cc1ccccc1N1C(=O)C(=Cc2cn(Cc3ccc(Cl)cc3)c3ccccc23)SC1=S. The van der Waals surface area contributed by atoms with Crippen LogP contribution in [-0.2, 0) is 11.3 Å².